The third-order valence-electron chi connectivity index (χ3n) is 7.45. The largest absolute Gasteiger partial charge is 0.493 e. The van der Waals surface area contributed by atoms with E-state index >= 15 is 0 Å². The molecule has 0 spiro atoms. The number of hydrogen-bond donors (Lipinski definition) is 0. The van der Waals surface area contributed by atoms with Crippen molar-refractivity contribution in [1.29, 1.82) is 0 Å². The average molecular weight is 526 g/mol. The lowest BCUT2D eigenvalue weighted by Gasteiger charge is -2.19. The van der Waals surface area contributed by atoms with Crippen molar-refractivity contribution in [3.63, 3.8) is 0 Å². The summed E-state index contributed by atoms with van der Waals surface area (Å²) in [5.41, 5.74) is 5.61. The van der Waals surface area contributed by atoms with E-state index in [9.17, 15) is 4.39 Å². The van der Waals surface area contributed by atoms with Crippen molar-refractivity contribution in [1.82, 2.24) is 0 Å². The number of rotatable bonds is 12. The summed E-state index contributed by atoms with van der Waals surface area (Å²) in [6.07, 6.45) is 18.6. The Balaban J connectivity index is 0.000000389. The molecule has 1 aliphatic rings. The van der Waals surface area contributed by atoms with Crippen LogP contribution in [0.15, 0.2) is 64.3 Å². The highest BCUT2D eigenvalue weighted by Gasteiger charge is 2.15. The molecular formula is C35H56FNO. The molecule has 1 aromatic rings. The van der Waals surface area contributed by atoms with Crippen LogP contribution in [0.25, 0.3) is 0 Å². The summed E-state index contributed by atoms with van der Waals surface area (Å²) in [4.78, 5) is 4.93. The molecule has 2 unspecified atom stereocenters. The summed E-state index contributed by atoms with van der Waals surface area (Å²) in [6.45, 7) is 18.5. The van der Waals surface area contributed by atoms with Gasteiger partial charge in [-0.2, -0.15) is 0 Å². The van der Waals surface area contributed by atoms with Crippen LogP contribution in [0.5, 0.6) is 5.75 Å². The first kappa shape index (κ1) is 33.9. The van der Waals surface area contributed by atoms with E-state index in [-0.39, 0.29) is 5.82 Å². The molecule has 38 heavy (non-hydrogen) atoms. The van der Waals surface area contributed by atoms with Gasteiger partial charge < -0.3 is 4.74 Å². The highest BCUT2D eigenvalue weighted by Crippen LogP contribution is 2.27. The molecule has 0 aromatic heterocycles. The Hall–Kier alpha value is -2.16. The van der Waals surface area contributed by atoms with Crippen molar-refractivity contribution in [3.05, 3.63) is 65.2 Å². The van der Waals surface area contributed by atoms with E-state index in [0.29, 0.717) is 5.92 Å². The van der Waals surface area contributed by atoms with Crippen LogP contribution in [-0.2, 0) is 0 Å². The van der Waals surface area contributed by atoms with Gasteiger partial charge in [0.05, 0.1) is 6.61 Å². The van der Waals surface area contributed by atoms with Crippen LogP contribution < -0.4 is 4.74 Å². The van der Waals surface area contributed by atoms with Gasteiger partial charge in [-0.25, -0.2) is 4.39 Å². The number of ether oxygens (including phenoxy) is 1. The lowest BCUT2D eigenvalue weighted by atomic mass is 9.93. The Labute approximate surface area is 234 Å². The summed E-state index contributed by atoms with van der Waals surface area (Å²) in [5, 5.41) is 0. The van der Waals surface area contributed by atoms with Gasteiger partial charge in [0, 0.05) is 11.4 Å². The zero-order valence-electron chi connectivity index (χ0n) is 25.8. The Morgan fingerprint density at radius 3 is 2.29 bits per heavy atom. The van der Waals surface area contributed by atoms with Crippen molar-refractivity contribution < 1.29 is 9.13 Å². The molecule has 3 heteroatoms. The summed E-state index contributed by atoms with van der Waals surface area (Å²) < 4.78 is 18.4. The first-order chi connectivity index (χ1) is 18.2. The van der Waals surface area contributed by atoms with Crippen molar-refractivity contribution in [2.45, 2.75) is 120 Å². The first-order valence-electron chi connectivity index (χ1n) is 15.1. The molecule has 2 rings (SSSR count). The molecule has 1 aliphatic carbocycles. The summed E-state index contributed by atoms with van der Waals surface area (Å²) in [6, 6.07) is 6.24. The molecule has 2 atom stereocenters. The van der Waals surface area contributed by atoms with Crippen LogP contribution in [0, 0.1) is 23.6 Å². The summed E-state index contributed by atoms with van der Waals surface area (Å²) in [5.74, 6) is 2.66. The molecule has 0 heterocycles. The van der Waals surface area contributed by atoms with Crippen LogP contribution in [0.2, 0.25) is 0 Å². The number of halogens is 1. The third kappa shape index (κ3) is 14.7. The van der Waals surface area contributed by atoms with Crippen molar-refractivity contribution in [2.24, 2.45) is 22.7 Å². The molecule has 0 saturated heterocycles. The minimum atomic E-state index is -0.219. The SMILES string of the molecule is CCC(C)CC(CC)COc1ccc(F)cc1.C\C=C/C=C(C)/N=C1\CCCCC\C1=C(/C)CCC(C)C. The Morgan fingerprint density at radius 1 is 1.00 bits per heavy atom. The standard InChI is InChI=1S/C20H33N.C15H23FO/c1-6-7-11-18(5)21-20-13-10-8-9-12-19(20)17(4)15-14-16(2)3;1-4-12(3)10-13(5-2)11-17-15-8-6-14(16)7-9-15/h6-7,11,16H,8-10,12-15H2,1-5H3;6-9,12-13H,4-5,10-11H2,1-3H3/b7-6-,18-11+,19-17-,21-20+;. The van der Waals surface area contributed by atoms with Crippen LogP contribution in [0.1, 0.15) is 120 Å². The van der Waals surface area contributed by atoms with E-state index in [2.05, 4.69) is 66.7 Å². The third-order valence-corrected chi connectivity index (χ3v) is 7.45. The Bertz CT molecular complexity index is 891. The van der Waals surface area contributed by atoms with Crippen LogP contribution >= 0.6 is 0 Å². The lowest BCUT2D eigenvalue weighted by molar-refractivity contribution is 0.217. The quantitative estimate of drug-likeness (QED) is 0.196. The number of allylic oxidation sites excluding steroid dienone is 6. The predicted octanol–water partition coefficient (Wildman–Crippen LogP) is 11.3. The van der Waals surface area contributed by atoms with Crippen LogP contribution in [0.4, 0.5) is 4.39 Å². The van der Waals surface area contributed by atoms with E-state index in [1.165, 1.54) is 69.2 Å². The zero-order chi connectivity index (χ0) is 28.3. The molecule has 0 bridgehead atoms. The monoisotopic (exact) mass is 525 g/mol. The lowest BCUT2D eigenvalue weighted by Crippen LogP contribution is -2.14. The average Bonchev–Trinajstić information content (AvgIpc) is 3.14. The minimum absolute atomic E-state index is 0.219. The number of hydrogen-bond acceptors (Lipinski definition) is 2. The van der Waals surface area contributed by atoms with Gasteiger partial charge in [-0.15, -0.1) is 0 Å². The van der Waals surface area contributed by atoms with Crippen molar-refractivity contribution in [2.75, 3.05) is 6.61 Å². The van der Waals surface area contributed by atoms with Gasteiger partial charge in [0.1, 0.15) is 11.6 Å². The minimum Gasteiger partial charge on any atom is -0.493 e. The maximum Gasteiger partial charge on any atom is 0.123 e. The highest BCUT2D eigenvalue weighted by atomic mass is 19.1. The van der Waals surface area contributed by atoms with Crippen molar-refractivity contribution >= 4 is 5.71 Å². The van der Waals surface area contributed by atoms with Crippen LogP contribution in [-0.4, -0.2) is 12.3 Å². The molecule has 0 radical (unpaired) electrons. The van der Waals surface area contributed by atoms with Crippen LogP contribution in [0.3, 0.4) is 0 Å². The maximum atomic E-state index is 12.7. The normalized spacial score (nSPS) is 18.7. The second-order valence-corrected chi connectivity index (χ2v) is 11.4. The van der Waals surface area contributed by atoms with Gasteiger partial charge in [-0.1, -0.05) is 71.6 Å². The second kappa shape index (κ2) is 19.8. The molecule has 2 nitrogen and oxygen atoms in total. The second-order valence-electron chi connectivity index (χ2n) is 11.4. The predicted molar refractivity (Wildman–Crippen MR) is 166 cm³/mol. The van der Waals surface area contributed by atoms with Gasteiger partial charge in [-0.3, -0.25) is 4.99 Å². The van der Waals surface area contributed by atoms with Gasteiger partial charge >= 0.3 is 0 Å². The van der Waals surface area contributed by atoms with E-state index in [1.54, 1.807) is 23.3 Å². The Morgan fingerprint density at radius 2 is 1.68 bits per heavy atom. The molecule has 0 N–H and O–H groups in total. The number of aliphatic imine (C=N–C) groups is 1. The number of nitrogens with zero attached hydrogens (tertiary/aromatic N) is 1. The van der Waals surface area contributed by atoms with E-state index < -0.39 is 0 Å². The van der Waals surface area contributed by atoms with E-state index in [0.717, 1.165) is 42.7 Å². The molecule has 0 aliphatic heterocycles. The molecular weight excluding hydrogens is 469 g/mol. The van der Waals surface area contributed by atoms with E-state index in [4.69, 9.17) is 9.73 Å². The maximum absolute atomic E-state index is 12.7. The van der Waals surface area contributed by atoms with E-state index in [1.807, 2.05) is 6.92 Å². The fourth-order valence-corrected chi connectivity index (χ4v) is 4.62. The summed E-state index contributed by atoms with van der Waals surface area (Å²) >= 11 is 0. The number of benzene rings is 1. The van der Waals surface area contributed by atoms with Gasteiger partial charge in [-0.05, 0) is 119 Å². The first-order valence-corrected chi connectivity index (χ1v) is 15.1. The molecule has 1 aromatic carbocycles. The Kier molecular flexibility index (Phi) is 17.7. The van der Waals surface area contributed by atoms with Gasteiger partial charge in [0.25, 0.3) is 0 Å². The fourth-order valence-electron chi connectivity index (χ4n) is 4.62. The molecule has 1 saturated carbocycles. The van der Waals surface area contributed by atoms with Gasteiger partial charge in [0.2, 0.25) is 0 Å². The van der Waals surface area contributed by atoms with Crippen molar-refractivity contribution in [3.8, 4) is 5.75 Å². The highest BCUT2D eigenvalue weighted by molar-refractivity contribution is 6.01. The topological polar surface area (TPSA) is 21.6 Å². The molecule has 0 amide bonds. The molecule has 1 fully saturated rings. The van der Waals surface area contributed by atoms with Gasteiger partial charge in [0.15, 0.2) is 0 Å². The zero-order valence-corrected chi connectivity index (χ0v) is 25.8. The smallest absolute Gasteiger partial charge is 0.123 e. The summed E-state index contributed by atoms with van der Waals surface area (Å²) in [7, 11) is 0. The fraction of sp³-hybridized carbons (Fsp3) is 0.629. The molecule has 214 valence electrons.